The number of rotatable bonds is 7. The summed E-state index contributed by atoms with van der Waals surface area (Å²) in [6.45, 7) is 7.30. The van der Waals surface area contributed by atoms with Crippen molar-refractivity contribution < 1.29 is 14.2 Å². The van der Waals surface area contributed by atoms with Crippen molar-refractivity contribution in [3.05, 3.63) is 29.8 Å². The predicted molar refractivity (Wildman–Crippen MR) is 72.6 cm³/mol. The fraction of sp³-hybridized carbons (Fsp3) is 0.429. The first-order chi connectivity index (χ1) is 8.62. The van der Waals surface area contributed by atoms with Crippen LogP contribution < -0.4 is 19.5 Å². The van der Waals surface area contributed by atoms with E-state index in [2.05, 4.69) is 11.9 Å². The van der Waals surface area contributed by atoms with Gasteiger partial charge in [0.2, 0.25) is 0 Å². The Bertz CT molecular complexity index is 416. The second kappa shape index (κ2) is 6.91. The number of ether oxygens (including phenoxy) is 3. The molecular weight excluding hydrogens is 230 g/mol. The van der Waals surface area contributed by atoms with Crippen molar-refractivity contribution in [2.24, 2.45) is 0 Å². The van der Waals surface area contributed by atoms with Gasteiger partial charge in [-0.15, -0.1) is 0 Å². The highest BCUT2D eigenvalue weighted by molar-refractivity contribution is 5.50. The van der Waals surface area contributed by atoms with Crippen LogP contribution in [0.2, 0.25) is 0 Å². The van der Waals surface area contributed by atoms with Crippen molar-refractivity contribution in [3.63, 3.8) is 0 Å². The van der Waals surface area contributed by atoms with Crippen LogP contribution in [0.3, 0.4) is 0 Å². The summed E-state index contributed by atoms with van der Waals surface area (Å²) in [6, 6.07) is 3.75. The lowest BCUT2D eigenvalue weighted by Crippen LogP contribution is -2.15. The van der Waals surface area contributed by atoms with E-state index in [4.69, 9.17) is 14.2 Å². The quantitative estimate of drug-likeness (QED) is 0.755. The molecule has 0 aliphatic rings. The highest BCUT2D eigenvalue weighted by Gasteiger charge is 2.11. The van der Waals surface area contributed by atoms with E-state index >= 15 is 0 Å². The molecule has 100 valence electrons. The monoisotopic (exact) mass is 251 g/mol. The molecule has 0 unspecified atom stereocenters. The fourth-order valence-corrected chi connectivity index (χ4v) is 1.64. The molecule has 18 heavy (non-hydrogen) atoms. The molecule has 0 aliphatic carbocycles. The first-order valence-electron chi connectivity index (χ1n) is 5.76. The third kappa shape index (κ3) is 3.67. The van der Waals surface area contributed by atoms with E-state index in [0.29, 0.717) is 18.0 Å². The van der Waals surface area contributed by atoms with Crippen molar-refractivity contribution in [1.82, 2.24) is 5.32 Å². The minimum atomic E-state index is 0.665. The fourth-order valence-electron chi connectivity index (χ4n) is 1.64. The zero-order chi connectivity index (χ0) is 13.5. The Hall–Kier alpha value is -1.68. The molecule has 0 bridgehead atoms. The zero-order valence-corrected chi connectivity index (χ0v) is 11.5. The normalized spacial score (nSPS) is 10.0. The molecule has 0 fully saturated rings. The molecule has 0 heterocycles. The van der Waals surface area contributed by atoms with Crippen molar-refractivity contribution in [2.45, 2.75) is 13.5 Å². The van der Waals surface area contributed by atoms with E-state index in [-0.39, 0.29) is 0 Å². The van der Waals surface area contributed by atoms with Crippen molar-refractivity contribution in [1.29, 1.82) is 0 Å². The van der Waals surface area contributed by atoms with Crippen LogP contribution in [-0.2, 0) is 6.54 Å². The smallest absolute Gasteiger partial charge is 0.164 e. The maximum Gasteiger partial charge on any atom is 0.164 e. The second-order valence-corrected chi connectivity index (χ2v) is 4.08. The number of methoxy groups -OCH3 is 3. The number of hydrogen-bond donors (Lipinski definition) is 1. The molecule has 0 spiro atoms. The summed E-state index contributed by atoms with van der Waals surface area (Å²) in [5, 5.41) is 3.29. The summed E-state index contributed by atoms with van der Waals surface area (Å²) < 4.78 is 15.9. The van der Waals surface area contributed by atoms with Gasteiger partial charge in [0.1, 0.15) is 5.75 Å². The van der Waals surface area contributed by atoms with E-state index in [1.807, 2.05) is 19.1 Å². The predicted octanol–water partition coefficient (Wildman–Crippen LogP) is 2.38. The number of benzene rings is 1. The summed E-state index contributed by atoms with van der Waals surface area (Å²) >= 11 is 0. The van der Waals surface area contributed by atoms with Gasteiger partial charge < -0.3 is 19.5 Å². The molecule has 0 aromatic heterocycles. The molecule has 0 radical (unpaired) electrons. The summed E-state index contributed by atoms with van der Waals surface area (Å²) in [7, 11) is 4.87. The summed E-state index contributed by atoms with van der Waals surface area (Å²) in [5.74, 6) is 2.14. The lowest BCUT2D eigenvalue weighted by Gasteiger charge is -2.14. The second-order valence-electron chi connectivity index (χ2n) is 4.08. The van der Waals surface area contributed by atoms with E-state index < -0.39 is 0 Å². The minimum absolute atomic E-state index is 0.665. The number of nitrogens with one attached hydrogen (secondary N) is 1. The molecular formula is C14H21NO3. The van der Waals surface area contributed by atoms with E-state index in [0.717, 1.165) is 23.4 Å². The Kier molecular flexibility index (Phi) is 5.52. The molecule has 1 aromatic carbocycles. The standard InChI is InChI=1S/C14H21NO3/c1-10(2)8-15-9-11-6-13(17-4)14(18-5)7-12(11)16-3/h6-7,15H,1,8-9H2,2-5H3. The molecule has 0 saturated carbocycles. The van der Waals surface area contributed by atoms with Gasteiger partial charge in [0, 0.05) is 24.7 Å². The van der Waals surface area contributed by atoms with Crippen molar-refractivity contribution in [2.75, 3.05) is 27.9 Å². The van der Waals surface area contributed by atoms with Gasteiger partial charge in [-0.1, -0.05) is 12.2 Å². The Morgan fingerprint density at radius 1 is 1.06 bits per heavy atom. The highest BCUT2D eigenvalue weighted by atomic mass is 16.5. The topological polar surface area (TPSA) is 39.7 Å². The molecule has 1 N–H and O–H groups in total. The van der Waals surface area contributed by atoms with Crippen LogP contribution in [0, 0.1) is 0 Å². The van der Waals surface area contributed by atoms with Gasteiger partial charge in [0.15, 0.2) is 11.5 Å². The maximum atomic E-state index is 5.35. The van der Waals surface area contributed by atoms with E-state index in [1.54, 1.807) is 21.3 Å². The van der Waals surface area contributed by atoms with Gasteiger partial charge in [-0.25, -0.2) is 0 Å². The van der Waals surface area contributed by atoms with Gasteiger partial charge in [-0.05, 0) is 13.0 Å². The first-order valence-corrected chi connectivity index (χ1v) is 5.76. The van der Waals surface area contributed by atoms with Gasteiger partial charge >= 0.3 is 0 Å². The van der Waals surface area contributed by atoms with Crippen LogP contribution in [0.1, 0.15) is 12.5 Å². The van der Waals surface area contributed by atoms with Gasteiger partial charge in [0.05, 0.1) is 21.3 Å². The zero-order valence-electron chi connectivity index (χ0n) is 11.5. The molecule has 0 amide bonds. The SMILES string of the molecule is C=C(C)CNCc1cc(OC)c(OC)cc1OC. The average Bonchev–Trinajstić information content (AvgIpc) is 2.37. The van der Waals surface area contributed by atoms with Crippen LogP contribution in [0.15, 0.2) is 24.3 Å². The Morgan fingerprint density at radius 3 is 2.11 bits per heavy atom. The third-order valence-electron chi connectivity index (χ3n) is 2.53. The van der Waals surface area contributed by atoms with Crippen LogP contribution in [0.4, 0.5) is 0 Å². The summed E-state index contributed by atoms with van der Waals surface area (Å²) in [4.78, 5) is 0. The highest BCUT2D eigenvalue weighted by Crippen LogP contribution is 2.34. The molecule has 0 atom stereocenters. The summed E-state index contributed by atoms with van der Waals surface area (Å²) in [5.41, 5.74) is 2.12. The van der Waals surface area contributed by atoms with Crippen LogP contribution in [0.5, 0.6) is 17.2 Å². The van der Waals surface area contributed by atoms with Gasteiger partial charge in [-0.3, -0.25) is 0 Å². The lowest BCUT2D eigenvalue weighted by molar-refractivity contribution is 0.347. The molecule has 1 rings (SSSR count). The van der Waals surface area contributed by atoms with Crippen LogP contribution >= 0.6 is 0 Å². The van der Waals surface area contributed by atoms with Crippen molar-refractivity contribution in [3.8, 4) is 17.2 Å². The maximum absolute atomic E-state index is 5.35. The van der Waals surface area contributed by atoms with Gasteiger partial charge in [-0.2, -0.15) is 0 Å². The lowest BCUT2D eigenvalue weighted by atomic mass is 10.1. The molecule has 0 saturated heterocycles. The summed E-state index contributed by atoms with van der Waals surface area (Å²) in [6.07, 6.45) is 0. The molecule has 1 aromatic rings. The third-order valence-corrected chi connectivity index (χ3v) is 2.53. The average molecular weight is 251 g/mol. The molecule has 4 nitrogen and oxygen atoms in total. The van der Waals surface area contributed by atoms with Crippen molar-refractivity contribution >= 4 is 0 Å². The molecule has 0 aliphatic heterocycles. The Labute approximate surface area is 109 Å². The van der Waals surface area contributed by atoms with Gasteiger partial charge in [0.25, 0.3) is 0 Å². The minimum Gasteiger partial charge on any atom is -0.496 e. The van der Waals surface area contributed by atoms with Crippen LogP contribution in [0.25, 0.3) is 0 Å². The number of hydrogen-bond acceptors (Lipinski definition) is 4. The first kappa shape index (κ1) is 14.4. The van der Waals surface area contributed by atoms with Crippen LogP contribution in [-0.4, -0.2) is 27.9 Å². The largest absolute Gasteiger partial charge is 0.496 e. The molecule has 4 heteroatoms. The van der Waals surface area contributed by atoms with E-state index in [9.17, 15) is 0 Å². The Balaban J connectivity index is 2.91. The van der Waals surface area contributed by atoms with E-state index in [1.165, 1.54) is 0 Å². The Morgan fingerprint density at radius 2 is 1.61 bits per heavy atom.